The largest absolute Gasteiger partial charge is 0.463 e. The number of hydrogen-bond acceptors (Lipinski definition) is 3. The Labute approximate surface area is 95.2 Å². The Hall–Kier alpha value is -1.64. The van der Waals surface area contributed by atoms with Gasteiger partial charge < -0.3 is 4.74 Å². The van der Waals surface area contributed by atoms with Crippen LogP contribution in [0.5, 0.6) is 0 Å². The molecule has 0 aromatic carbocycles. The molecule has 2 rings (SSSR count). The molecule has 0 spiro atoms. The minimum atomic E-state index is -0.255. The lowest BCUT2D eigenvalue weighted by molar-refractivity contribution is -0.137. The molecule has 3 heteroatoms. The minimum absolute atomic E-state index is 0.255. The predicted molar refractivity (Wildman–Crippen MR) is 61.8 cm³/mol. The third-order valence-electron chi connectivity index (χ3n) is 2.67. The van der Waals surface area contributed by atoms with Crippen LogP contribution in [0.3, 0.4) is 0 Å². The van der Waals surface area contributed by atoms with Gasteiger partial charge in [0.1, 0.15) is 0 Å². The summed E-state index contributed by atoms with van der Waals surface area (Å²) < 4.78 is 4.92. The quantitative estimate of drug-likeness (QED) is 0.564. The van der Waals surface area contributed by atoms with Gasteiger partial charge in [-0.15, -0.1) is 0 Å². The second-order valence-corrected chi connectivity index (χ2v) is 3.77. The van der Waals surface area contributed by atoms with Crippen molar-refractivity contribution in [3.63, 3.8) is 0 Å². The molecule has 1 aliphatic rings. The van der Waals surface area contributed by atoms with E-state index in [2.05, 4.69) is 4.98 Å². The Kier molecular flexibility index (Phi) is 3.34. The van der Waals surface area contributed by atoms with E-state index >= 15 is 0 Å². The molecule has 0 radical (unpaired) electrons. The molecule has 0 atom stereocenters. The summed E-state index contributed by atoms with van der Waals surface area (Å²) in [7, 11) is 0. The van der Waals surface area contributed by atoms with Crippen LogP contribution in [-0.2, 0) is 16.0 Å². The van der Waals surface area contributed by atoms with Crippen molar-refractivity contribution in [3.05, 3.63) is 35.7 Å². The van der Waals surface area contributed by atoms with Gasteiger partial charge in [-0.1, -0.05) is 6.07 Å². The fraction of sp³-hybridized carbons (Fsp3) is 0.385. The fourth-order valence-corrected chi connectivity index (χ4v) is 1.99. The summed E-state index contributed by atoms with van der Waals surface area (Å²) in [6, 6.07) is 3.93. The number of fused-ring (bicyclic) bond motifs is 1. The van der Waals surface area contributed by atoms with Crippen molar-refractivity contribution in [2.45, 2.75) is 26.2 Å². The van der Waals surface area contributed by atoms with Crippen LogP contribution in [-0.4, -0.2) is 17.6 Å². The van der Waals surface area contributed by atoms with Crippen molar-refractivity contribution >= 4 is 11.5 Å². The SMILES string of the molecule is CCOC(=O)/C=C1\CCCc2ncccc21. The Morgan fingerprint density at radius 3 is 3.25 bits per heavy atom. The van der Waals surface area contributed by atoms with Gasteiger partial charge in [-0.2, -0.15) is 0 Å². The highest BCUT2D eigenvalue weighted by molar-refractivity contribution is 5.92. The van der Waals surface area contributed by atoms with E-state index in [4.69, 9.17) is 4.74 Å². The highest BCUT2D eigenvalue weighted by Gasteiger charge is 2.15. The normalized spacial score (nSPS) is 16.9. The Bertz CT molecular complexity index is 424. The van der Waals surface area contributed by atoms with Gasteiger partial charge in [0, 0.05) is 18.0 Å². The summed E-state index contributed by atoms with van der Waals surface area (Å²) in [5.74, 6) is -0.255. The fourth-order valence-electron chi connectivity index (χ4n) is 1.99. The Morgan fingerprint density at radius 2 is 2.44 bits per heavy atom. The van der Waals surface area contributed by atoms with E-state index in [9.17, 15) is 4.79 Å². The molecule has 0 saturated heterocycles. The van der Waals surface area contributed by atoms with Gasteiger partial charge in [0.2, 0.25) is 0 Å². The summed E-state index contributed by atoms with van der Waals surface area (Å²) in [4.78, 5) is 15.7. The van der Waals surface area contributed by atoms with E-state index in [1.165, 1.54) is 0 Å². The van der Waals surface area contributed by atoms with E-state index in [-0.39, 0.29) is 5.97 Å². The van der Waals surface area contributed by atoms with Gasteiger partial charge in [-0.25, -0.2) is 4.79 Å². The number of carbonyl (C=O) groups is 1. The van der Waals surface area contributed by atoms with E-state index in [0.717, 1.165) is 36.1 Å². The van der Waals surface area contributed by atoms with Gasteiger partial charge >= 0.3 is 5.97 Å². The van der Waals surface area contributed by atoms with E-state index in [0.29, 0.717) is 6.61 Å². The van der Waals surface area contributed by atoms with E-state index in [1.807, 2.05) is 19.1 Å². The standard InChI is InChI=1S/C13H15NO2/c1-2-16-13(15)9-10-5-3-7-12-11(10)6-4-8-14-12/h4,6,8-9H,2-3,5,7H2,1H3/b10-9+. The maximum absolute atomic E-state index is 11.4. The zero-order chi connectivity index (χ0) is 11.4. The van der Waals surface area contributed by atoms with Crippen molar-refractivity contribution in [3.8, 4) is 0 Å². The van der Waals surface area contributed by atoms with Crippen LogP contribution < -0.4 is 0 Å². The molecule has 0 N–H and O–H groups in total. The lowest BCUT2D eigenvalue weighted by atomic mass is 9.91. The number of aromatic nitrogens is 1. The Balaban J connectivity index is 2.28. The summed E-state index contributed by atoms with van der Waals surface area (Å²) in [6.45, 7) is 2.23. The van der Waals surface area contributed by atoms with Crippen molar-refractivity contribution < 1.29 is 9.53 Å². The summed E-state index contributed by atoms with van der Waals surface area (Å²) in [5, 5.41) is 0. The maximum Gasteiger partial charge on any atom is 0.331 e. The van der Waals surface area contributed by atoms with Crippen LogP contribution in [0.15, 0.2) is 24.4 Å². The van der Waals surface area contributed by atoms with Gasteiger partial charge in [-0.05, 0) is 43.4 Å². The van der Waals surface area contributed by atoms with Crippen molar-refractivity contribution in [2.24, 2.45) is 0 Å². The van der Waals surface area contributed by atoms with Crippen molar-refractivity contribution in [1.29, 1.82) is 0 Å². The maximum atomic E-state index is 11.4. The van der Waals surface area contributed by atoms with E-state index in [1.54, 1.807) is 12.3 Å². The molecule has 0 bridgehead atoms. The number of allylic oxidation sites excluding steroid dienone is 1. The first kappa shape index (κ1) is 10.9. The second kappa shape index (κ2) is 4.92. The van der Waals surface area contributed by atoms with Crippen LogP contribution in [0.1, 0.15) is 31.0 Å². The van der Waals surface area contributed by atoms with Gasteiger partial charge in [0.15, 0.2) is 0 Å². The molecule has 1 aliphatic carbocycles. The van der Waals surface area contributed by atoms with Crippen molar-refractivity contribution in [1.82, 2.24) is 4.98 Å². The third-order valence-corrected chi connectivity index (χ3v) is 2.67. The number of rotatable bonds is 2. The van der Waals surface area contributed by atoms with Gasteiger partial charge in [0.05, 0.1) is 6.61 Å². The van der Waals surface area contributed by atoms with Gasteiger partial charge in [-0.3, -0.25) is 4.98 Å². The smallest absolute Gasteiger partial charge is 0.331 e. The molecule has 3 nitrogen and oxygen atoms in total. The second-order valence-electron chi connectivity index (χ2n) is 3.77. The highest BCUT2D eigenvalue weighted by Crippen LogP contribution is 2.28. The summed E-state index contributed by atoms with van der Waals surface area (Å²) in [5.41, 5.74) is 3.24. The molecular weight excluding hydrogens is 202 g/mol. The van der Waals surface area contributed by atoms with Crippen LogP contribution >= 0.6 is 0 Å². The molecule has 84 valence electrons. The monoisotopic (exact) mass is 217 g/mol. The molecular formula is C13H15NO2. The van der Waals surface area contributed by atoms with Crippen LogP contribution in [0.2, 0.25) is 0 Å². The Morgan fingerprint density at radius 1 is 1.56 bits per heavy atom. The lowest BCUT2D eigenvalue weighted by Crippen LogP contribution is -2.07. The molecule has 0 amide bonds. The first-order valence-electron chi connectivity index (χ1n) is 5.63. The highest BCUT2D eigenvalue weighted by atomic mass is 16.5. The first-order valence-corrected chi connectivity index (χ1v) is 5.63. The van der Waals surface area contributed by atoms with Gasteiger partial charge in [0.25, 0.3) is 0 Å². The topological polar surface area (TPSA) is 39.2 Å². The van der Waals surface area contributed by atoms with Crippen molar-refractivity contribution in [2.75, 3.05) is 6.61 Å². The minimum Gasteiger partial charge on any atom is -0.463 e. The molecule has 1 heterocycles. The summed E-state index contributed by atoms with van der Waals surface area (Å²) >= 11 is 0. The molecule has 1 aromatic rings. The number of ether oxygens (including phenoxy) is 1. The zero-order valence-corrected chi connectivity index (χ0v) is 9.40. The van der Waals surface area contributed by atoms with Crippen LogP contribution in [0.4, 0.5) is 0 Å². The predicted octanol–water partition coefficient (Wildman–Crippen LogP) is 2.36. The number of nitrogens with zero attached hydrogens (tertiary/aromatic N) is 1. The average molecular weight is 217 g/mol. The number of carbonyl (C=O) groups excluding carboxylic acids is 1. The molecule has 0 unspecified atom stereocenters. The molecule has 0 fully saturated rings. The van der Waals surface area contributed by atoms with Crippen LogP contribution in [0.25, 0.3) is 5.57 Å². The molecule has 16 heavy (non-hydrogen) atoms. The number of pyridine rings is 1. The number of hydrogen-bond donors (Lipinski definition) is 0. The summed E-state index contributed by atoms with van der Waals surface area (Å²) in [6.07, 6.45) is 6.37. The lowest BCUT2D eigenvalue weighted by Gasteiger charge is -2.17. The van der Waals surface area contributed by atoms with E-state index < -0.39 is 0 Å². The molecule has 1 aromatic heterocycles. The number of esters is 1. The zero-order valence-electron chi connectivity index (χ0n) is 9.40. The number of aryl methyl sites for hydroxylation is 1. The first-order chi connectivity index (χ1) is 7.81. The third kappa shape index (κ3) is 2.30. The molecule has 0 saturated carbocycles. The molecule has 0 aliphatic heterocycles. The average Bonchev–Trinajstić information content (AvgIpc) is 2.30. The van der Waals surface area contributed by atoms with Crippen LogP contribution in [0, 0.1) is 0 Å².